The van der Waals surface area contributed by atoms with Crippen LogP contribution in [0.5, 0.6) is 0 Å². The average molecular weight is 147 g/mol. The molecule has 58 valence electrons. The van der Waals surface area contributed by atoms with Crippen molar-refractivity contribution in [3.8, 4) is 0 Å². The SMILES string of the molecule is O/N=C/C1OCC(O)C1O. The van der Waals surface area contributed by atoms with E-state index in [0.29, 0.717) is 0 Å². The molecule has 0 aliphatic carbocycles. The largest absolute Gasteiger partial charge is 0.411 e. The molecule has 3 atom stereocenters. The number of hydrogen-bond donors (Lipinski definition) is 3. The van der Waals surface area contributed by atoms with Crippen LogP contribution in [0.3, 0.4) is 0 Å². The molecule has 0 spiro atoms. The summed E-state index contributed by atoms with van der Waals surface area (Å²) in [7, 11) is 0. The van der Waals surface area contributed by atoms with Crippen LogP contribution in [0.4, 0.5) is 0 Å². The lowest BCUT2D eigenvalue weighted by atomic mass is 10.2. The van der Waals surface area contributed by atoms with Crippen molar-refractivity contribution in [3.63, 3.8) is 0 Å². The number of nitrogens with zero attached hydrogens (tertiary/aromatic N) is 1. The molecule has 5 heteroatoms. The van der Waals surface area contributed by atoms with E-state index in [0.717, 1.165) is 6.21 Å². The molecule has 5 nitrogen and oxygen atoms in total. The molecule has 3 N–H and O–H groups in total. The molecular formula is C5H9NO4. The Morgan fingerprint density at radius 3 is 2.60 bits per heavy atom. The lowest BCUT2D eigenvalue weighted by Gasteiger charge is -2.07. The van der Waals surface area contributed by atoms with Crippen molar-refractivity contribution in [1.29, 1.82) is 0 Å². The normalized spacial score (nSPS) is 41.2. The van der Waals surface area contributed by atoms with Crippen LogP contribution in [0.15, 0.2) is 5.16 Å². The molecule has 0 aromatic carbocycles. The molecule has 1 aliphatic rings. The quantitative estimate of drug-likeness (QED) is 0.241. The van der Waals surface area contributed by atoms with Crippen LogP contribution in [-0.4, -0.2) is 46.6 Å². The van der Waals surface area contributed by atoms with E-state index in [4.69, 9.17) is 20.2 Å². The van der Waals surface area contributed by atoms with Crippen molar-refractivity contribution in [2.75, 3.05) is 6.61 Å². The molecule has 1 heterocycles. The summed E-state index contributed by atoms with van der Waals surface area (Å²) in [6.07, 6.45) is -1.49. The topological polar surface area (TPSA) is 82.3 Å². The van der Waals surface area contributed by atoms with Gasteiger partial charge in [0.25, 0.3) is 0 Å². The minimum atomic E-state index is -0.976. The van der Waals surface area contributed by atoms with Crippen molar-refractivity contribution < 1.29 is 20.2 Å². The molecule has 0 saturated carbocycles. The van der Waals surface area contributed by atoms with E-state index >= 15 is 0 Å². The van der Waals surface area contributed by atoms with Gasteiger partial charge in [0, 0.05) is 0 Å². The van der Waals surface area contributed by atoms with E-state index in [9.17, 15) is 0 Å². The highest BCUT2D eigenvalue weighted by Crippen LogP contribution is 2.11. The molecule has 1 fully saturated rings. The molecule has 1 aliphatic heterocycles. The number of aliphatic hydroxyl groups is 2. The van der Waals surface area contributed by atoms with Crippen LogP contribution in [0, 0.1) is 0 Å². The first-order chi connectivity index (χ1) is 4.75. The van der Waals surface area contributed by atoms with Gasteiger partial charge in [0.2, 0.25) is 0 Å². The first-order valence-corrected chi connectivity index (χ1v) is 2.91. The summed E-state index contributed by atoms with van der Waals surface area (Å²) >= 11 is 0. The Kier molecular flexibility index (Phi) is 2.21. The van der Waals surface area contributed by atoms with Gasteiger partial charge in [0.1, 0.15) is 18.3 Å². The van der Waals surface area contributed by atoms with E-state index in [1.807, 2.05) is 0 Å². The average Bonchev–Trinajstić information content (AvgIpc) is 2.20. The van der Waals surface area contributed by atoms with Crippen molar-refractivity contribution in [3.05, 3.63) is 0 Å². The van der Waals surface area contributed by atoms with Gasteiger partial charge in [0.15, 0.2) is 0 Å². The van der Waals surface area contributed by atoms with Crippen molar-refractivity contribution in [2.24, 2.45) is 5.16 Å². The summed E-state index contributed by atoms with van der Waals surface area (Å²) < 4.78 is 4.81. The predicted molar refractivity (Wildman–Crippen MR) is 32.0 cm³/mol. The highest BCUT2D eigenvalue weighted by Gasteiger charge is 2.33. The fraction of sp³-hybridized carbons (Fsp3) is 0.800. The Balaban J connectivity index is 2.48. The van der Waals surface area contributed by atoms with Gasteiger partial charge < -0.3 is 20.2 Å². The summed E-state index contributed by atoms with van der Waals surface area (Å²) in [6, 6.07) is 0. The minimum absolute atomic E-state index is 0.0812. The Hall–Kier alpha value is -0.650. The molecule has 3 unspecified atom stereocenters. The fourth-order valence-corrected chi connectivity index (χ4v) is 0.823. The summed E-state index contributed by atoms with van der Waals surface area (Å²) in [6.45, 7) is 0.0812. The molecule has 0 amide bonds. The molecule has 1 rings (SSSR count). The second-order valence-corrected chi connectivity index (χ2v) is 2.12. The first kappa shape index (κ1) is 7.46. The van der Waals surface area contributed by atoms with Gasteiger partial charge in [-0.25, -0.2) is 0 Å². The maximum absolute atomic E-state index is 9.01. The van der Waals surface area contributed by atoms with Crippen LogP contribution in [0.1, 0.15) is 0 Å². The van der Waals surface area contributed by atoms with E-state index in [1.54, 1.807) is 0 Å². The van der Waals surface area contributed by atoms with Crippen LogP contribution in [-0.2, 0) is 4.74 Å². The Morgan fingerprint density at radius 1 is 1.50 bits per heavy atom. The monoisotopic (exact) mass is 147 g/mol. The maximum atomic E-state index is 9.01. The molecule has 10 heavy (non-hydrogen) atoms. The standard InChI is InChI=1S/C5H9NO4/c7-3-2-10-4(1-6-9)5(3)8/h1,3-5,7-9H,2H2/b6-1+. The molecule has 0 aromatic rings. The molecule has 0 aromatic heterocycles. The predicted octanol–water partition coefficient (Wildman–Crippen LogP) is -1.43. The molecule has 0 bridgehead atoms. The van der Waals surface area contributed by atoms with Crippen LogP contribution >= 0.6 is 0 Å². The van der Waals surface area contributed by atoms with E-state index in [-0.39, 0.29) is 6.61 Å². The highest BCUT2D eigenvalue weighted by atomic mass is 16.5. The summed E-state index contributed by atoms with van der Waals surface area (Å²) in [5.41, 5.74) is 0. The third kappa shape index (κ3) is 1.26. The highest BCUT2D eigenvalue weighted by molar-refractivity contribution is 5.63. The zero-order chi connectivity index (χ0) is 7.56. The van der Waals surface area contributed by atoms with Gasteiger partial charge in [-0.1, -0.05) is 5.16 Å². The van der Waals surface area contributed by atoms with Crippen molar-refractivity contribution in [2.45, 2.75) is 18.3 Å². The Bertz CT molecular complexity index is 138. The van der Waals surface area contributed by atoms with Gasteiger partial charge in [0.05, 0.1) is 12.8 Å². The van der Waals surface area contributed by atoms with Gasteiger partial charge in [-0.2, -0.15) is 0 Å². The molecule has 0 radical (unpaired) electrons. The third-order valence-corrected chi connectivity index (χ3v) is 1.40. The maximum Gasteiger partial charge on any atom is 0.124 e. The van der Waals surface area contributed by atoms with Gasteiger partial charge in [-0.15, -0.1) is 0 Å². The number of oxime groups is 1. The third-order valence-electron chi connectivity index (χ3n) is 1.40. The zero-order valence-electron chi connectivity index (χ0n) is 5.21. The summed E-state index contributed by atoms with van der Waals surface area (Å²) in [5.74, 6) is 0. The molecular weight excluding hydrogens is 138 g/mol. The number of rotatable bonds is 1. The van der Waals surface area contributed by atoms with Crippen molar-refractivity contribution in [1.82, 2.24) is 0 Å². The summed E-state index contributed by atoms with van der Waals surface area (Å²) in [5, 5.41) is 28.6. The van der Waals surface area contributed by atoms with Crippen LogP contribution in [0.25, 0.3) is 0 Å². The minimum Gasteiger partial charge on any atom is -0.411 e. The smallest absolute Gasteiger partial charge is 0.124 e. The number of hydrogen-bond acceptors (Lipinski definition) is 5. The first-order valence-electron chi connectivity index (χ1n) is 2.91. The summed E-state index contributed by atoms with van der Waals surface area (Å²) in [4.78, 5) is 0. The lowest BCUT2D eigenvalue weighted by molar-refractivity contribution is 0.0476. The van der Waals surface area contributed by atoms with E-state index in [2.05, 4.69) is 5.16 Å². The van der Waals surface area contributed by atoms with E-state index < -0.39 is 18.3 Å². The Labute approximate surface area is 57.5 Å². The van der Waals surface area contributed by atoms with Gasteiger partial charge in [-0.3, -0.25) is 0 Å². The molecule has 1 saturated heterocycles. The second-order valence-electron chi connectivity index (χ2n) is 2.12. The van der Waals surface area contributed by atoms with Gasteiger partial charge in [-0.05, 0) is 0 Å². The van der Waals surface area contributed by atoms with Crippen LogP contribution < -0.4 is 0 Å². The number of aliphatic hydroxyl groups excluding tert-OH is 2. The lowest BCUT2D eigenvalue weighted by Crippen LogP contribution is -2.30. The Morgan fingerprint density at radius 2 is 2.20 bits per heavy atom. The van der Waals surface area contributed by atoms with Gasteiger partial charge >= 0.3 is 0 Å². The second kappa shape index (κ2) is 2.96. The van der Waals surface area contributed by atoms with Crippen molar-refractivity contribution >= 4 is 6.21 Å². The van der Waals surface area contributed by atoms with E-state index in [1.165, 1.54) is 0 Å². The van der Waals surface area contributed by atoms with Crippen LogP contribution in [0.2, 0.25) is 0 Å². The fourth-order valence-electron chi connectivity index (χ4n) is 0.823. The number of ether oxygens (including phenoxy) is 1. The zero-order valence-corrected chi connectivity index (χ0v) is 5.21.